The van der Waals surface area contributed by atoms with Crippen LogP contribution in [0.3, 0.4) is 0 Å². The first-order valence-corrected chi connectivity index (χ1v) is 10.4. The number of aromatic nitrogens is 2. The fourth-order valence-electron chi connectivity index (χ4n) is 3.97. The van der Waals surface area contributed by atoms with Crippen molar-refractivity contribution >= 4 is 5.91 Å². The van der Waals surface area contributed by atoms with E-state index in [1.165, 1.54) is 6.07 Å². The van der Waals surface area contributed by atoms with E-state index in [0.717, 1.165) is 28.2 Å². The van der Waals surface area contributed by atoms with Gasteiger partial charge in [0.2, 0.25) is 5.91 Å². The number of hydrogen-bond donors (Lipinski definition) is 0. The molecule has 1 fully saturated rings. The normalized spacial score (nSPS) is 16.5. The van der Waals surface area contributed by atoms with Gasteiger partial charge in [0.25, 0.3) is 0 Å². The number of halogens is 1. The summed E-state index contributed by atoms with van der Waals surface area (Å²) in [5, 5.41) is 3.93. The topological polar surface area (TPSA) is 68.5 Å². The Balaban J connectivity index is 1.49. The van der Waals surface area contributed by atoms with Crippen molar-refractivity contribution in [3.63, 3.8) is 0 Å². The molecule has 3 heterocycles. The van der Waals surface area contributed by atoms with Crippen molar-refractivity contribution < 1.29 is 18.4 Å². The molecule has 0 saturated carbocycles. The minimum atomic E-state index is -0.318. The van der Waals surface area contributed by atoms with E-state index in [0.29, 0.717) is 37.4 Å². The number of rotatable bonds is 5. The lowest BCUT2D eigenvalue weighted by Gasteiger charge is -2.33. The van der Waals surface area contributed by atoms with Gasteiger partial charge in [-0.25, -0.2) is 4.39 Å². The number of amides is 1. The minimum Gasteiger partial charge on any atom is -0.368 e. The van der Waals surface area contributed by atoms with Gasteiger partial charge in [-0.05, 0) is 50.1 Å². The summed E-state index contributed by atoms with van der Waals surface area (Å²) < 4.78 is 25.2. The maximum absolute atomic E-state index is 14.1. The first kappa shape index (κ1) is 21.2. The average molecular weight is 423 g/mol. The van der Waals surface area contributed by atoms with Gasteiger partial charge in [0.05, 0.1) is 31.0 Å². The molecule has 0 radical (unpaired) electrons. The predicted molar refractivity (Wildman–Crippen MR) is 113 cm³/mol. The Morgan fingerprint density at radius 1 is 1.23 bits per heavy atom. The van der Waals surface area contributed by atoms with Crippen molar-refractivity contribution in [1.29, 1.82) is 0 Å². The summed E-state index contributed by atoms with van der Waals surface area (Å²) in [6.07, 6.45) is 0.416. The Hall–Kier alpha value is -3.06. The van der Waals surface area contributed by atoms with Crippen LogP contribution in [-0.4, -0.2) is 40.6 Å². The summed E-state index contributed by atoms with van der Waals surface area (Å²) in [5.74, 6) is 0.472. The predicted octanol–water partition coefficient (Wildman–Crippen LogP) is 3.87. The molecule has 31 heavy (non-hydrogen) atoms. The fourth-order valence-corrected chi connectivity index (χ4v) is 3.97. The molecule has 2 aromatic heterocycles. The van der Waals surface area contributed by atoms with Crippen LogP contribution in [0.25, 0.3) is 0 Å². The molecule has 0 bridgehead atoms. The number of aryl methyl sites for hydroxylation is 3. The van der Waals surface area contributed by atoms with Crippen LogP contribution < -0.4 is 0 Å². The number of morpholine rings is 1. The van der Waals surface area contributed by atoms with Gasteiger partial charge in [0.1, 0.15) is 17.7 Å². The largest absolute Gasteiger partial charge is 0.368 e. The third-order valence-electron chi connectivity index (χ3n) is 5.64. The van der Waals surface area contributed by atoms with Crippen LogP contribution in [0.2, 0.25) is 0 Å². The summed E-state index contributed by atoms with van der Waals surface area (Å²) in [4.78, 5) is 19.3. The summed E-state index contributed by atoms with van der Waals surface area (Å²) >= 11 is 0. The highest BCUT2D eigenvalue weighted by Gasteiger charge is 2.28. The van der Waals surface area contributed by atoms with E-state index in [1.54, 1.807) is 17.0 Å². The molecule has 4 rings (SSSR count). The molecule has 1 amide bonds. The van der Waals surface area contributed by atoms with Crippen LogP contribution in [0.4, 0.5) is 4.39 Å². The molecule has 1 atom stereocenters. The van der Waals surface area contributed by atoms with Crippen LogP contribution >= 0.6 is 0 Å². The Morgan fingerprint density at radius 2 is 2.03 bits per heavy atom. The first-order chi connectivity index (χ1) is 14.9. The zero-order valence-corrected chi connectivity index (χ0v) is 18.0. The molecule has 1 unspecified atom stereocenters. The molecule has 0 N–H and O–H groups in total. The van der Waals surface area contributed by atoms with Crippen LogP contribution in [-0.2, 0) is 22.4 Å². The second kappa shape index (κ2) is 8.98. The highest BCUT2D eigenvalue weighted by Crippen LogP contribution is 2.25. The number of carbonyl (C=O) groups excluding carboxylic acids is 1. The van der Waals surface area contributed by atoms with Gasteiger partial charge in [-0.3, -0.25) is 9.78 Å². The van der Waals surface area contributed by atoms with Crippen LogP contribution in [0.5, 0.6) is 0 Å². The first-order valence-electron chi connectivity index (χ1n) is 10.4. The van der Waals surface area contributed by atoms with Gasteiger partial charge in [0, 0.05) is 24.2 Å². The maximum Gasteiger partial charge on any atom is 0.227 e. The molecule has 1 saturated heterocycles. The number of carbonyl (C=O) groups is 1. The molecule has 3 aromatic rings. The summed E-state index contributed by atoms with van der Waals surface area (Å²) in [6, 6.07) is 10.7. The number of hydrogen-bond acceptors (Lipinski definition) is 5. The van der Waals surface area contributed by atoms with Crippen molar-refractivity contribution in [2.75, 3.05) is 19.7 Å². The Labute approximate surface area is 181 Å². The number of pyridine rings is 1. The van der Waals surface area contributed by atoms with Gasteiger partial charge in [0.15, 0.2) is 0 Å². The Bertz CT molecular complexity index is 1080. The molecule has 1 aliphatic rings. The maximum atomic E-state index is 14.1. The van der Waals surface area contributed by atoms with E-state index in [9.17, 15) is 9.18 Å². The third-order valence-corrected chi connectivity index (χ3v) is 5.64. The number of benzene rings is 1. The lowest BCUT2D eigenvalue weighted by atomic mass is 10.0. The van der Waals surface area contributed by atoms with Gasteiger partial charge >= 0.3 is 0 Å². The zero-order valence-electron chi connectivity index (χ0n) is 18.0. The number of ether oxygens (including phenoxy) is 1. The third kappa shape index (κ3) is 4.82. The number of nitrogens with zero attached hydrogens (tertiary/aromatic N) is 3. The lowest BCUT2D eigenvalue weighted by molar-refractivity contribution is -0.138. The average Bonchev–Trinajstić information content (AvgIpc) is 3.07. The SMILES string of the molecule is Cc1cc(Cc2ccccc2F)cc(C2CN(C(=O)Cc3c(C)noc3C)CCO2)n1. The van der Waals surface area contributed by atoms with E-state index in [2.05, 4.69) is 10.1 Å². The quantitative estimate of drug-likeness (QED) is 0.623. The minimum absolute atomic E-state index is 0.0157. The van der Waals surface area contributed by atoms with E-state index in [1.807, 2.05) is 39.0 Å². The van der Waals surface area contributed by atoms with E-state index in [-0.39, 0.29) is 24.2 Å². The van der Waals surface area contributed by atoms with E-state index >= 15 is 0 Å². The van der Waals surface area contributed by atoms with Gasteiger partial charge in [-0.2, -0.15) is 0 Å². The monoisotopic (exact) mass is 423 g/mol. The Kier molecular flexibility index (Phi) is 6.13. The van der Waals surface area contributed by atoms with E-state index < -0.39 is 0 Å². The van der Waals surface area contributed by atoms with Gasteiger partial charge in [-0.15, -0.1) is 0 Å². The lowest BCUT2D eigenvalue weighted by Crippen LogP contribution is -2.43. The molecule has 1 aromatic carbocycles. The highest BCUT2D eigenvalue weighted by molar-refractivity contribution is 5.79. The molecule has 162 valence electrons. The van der Waals surface area contributed by atoms with Crippen molar-refractivity contribution in [1.82, 2.24) is 15.0 Å². The molecule has 0 aliphatic carbocycles. The zero-order chi connectivity index (χ0) is 22.0. The van der Waals surface area contributed by atoms with Crippen molar-refractivity contribution in [2.45, 2.75) is 39.7 Å². The van der Waals surface area contributed by atoms with Crippen molar-refractivity contribution in [3.8, 4) is 0 Å². The van der Waals surface area contributed by atoms with Crippen molar-refractivity contribution in [3.05, 3.63) is 81.7 Å². The molecule has 7 heteroatoms. The van der Waals surface area contributed by atoms with Crippen LogP contribution in [0.15, 0.2) is 40.9 Å². The van der Waals surface area contributed by atoms with Crippen LogP contribution in [0.1, 0.15) is 45.6 Å². The molecule has 0 spiro atoms. The molecule has 6 nitrogen and oxygen atoms in total. The summed E-state index contributed by atoms with van der Waals surface area (Å²) in [6.45, 7) is 6.98. The second-order valence-electron chi connectivity index (χ2n) is 7.99. The molecular weight excluding hydrogens is 397 g/mol. The Morgan fingerprint density at radius 3 is 2.77 bits per heavy atom. The summed E-state index contributed by atoms with van der Waals surface area (Å²) in [7, 11) is 0. The van der Waals surface area contributed by atoms with Crippen LogP contribution in [0, 0.1) is 26.6 Å². The summed E-state index contributed by atoms with van der Waals surface area (Å²) in [5.41, 5.74) is 4.80. The van der Waals surface area contributed by atoms with Gasteiger partial charge < -0.3 is 14.2 Å². The second-order valence-corrected chi connectivity index (χ2v) is 7.99. The van der Waals surface area contributed by atoms with Crippen molar-refractivity contribution in [2.24, 2.45) is 0 Å². The standard InChI is InChI=1S/C24H26FN3O3/c1-15-10-18(11-19-6-4-5-7-21(19)25)12-22(26-15)23-14-28(8-9-30-23)24(29)13-20-16(2)27-31-17(20)3/h4-7,10,12,23H,8-9,11,13-14H2,1-3H3. The molecular formula is C24H26FN3O3. The fraction of sp³-hybridized carbons (Fsp3) is 0.375. The molecule has 1 aliphatic heterocycles. The highest BCUT2D eigenvalue weighted by atomic mass is 19.1. The van der Waals surface area contributed by atoms with Gasteiger partial charge in [-0.1, -0.05) is 23.4 Å². The van der Waals surface area contributed by atoms with E-state index in [4.69, 9.17) is 9.26 Å². The smallest absolute Gasteiger partial charge is 0.227 e.